The highest BCUT2D eigenvalue weighted by atomic mass is 32.2. The number of carboxylic acids is 1. The summed E-state index contributed by atoms with van der Waals surface area (Å²) in [4.78, 5) is 68.3. The van der Waals surface area contributed by atoms with Crippen LogP contribution in [0.4, 0.5) is 18.9 Å². The number of aromatic amines is 1. The van der Waals surface area contributed by atoms with E-state index in [0.717, 1.165) is 28.3 Å². The number of benzene rings is 2. The third-order valence-corrected chi connectivity index (χ3v) is 12.3. The average Bonchev–Trinajstić information content (AvgIpc) is 3.75. The molecule has 3 N–H and O–H groups in total. The maximum absolute atomic E-state index is 13.7. The Hall–Kier alpha value is -4.11. The summed E-state index contributed by atoms with van der Waals surface area (Å²) in [5.74, 6) is -3.96. The lowest BCUT2D eigenvalue weighted by Crippen LogP contribution is -2.42. The second-order valence-corrected chi connectivity index (χ2v) is 14.4. The van der Waals surface area contributed by atoms with Gasteiger partial charge in [-0.15, -0.1) is 11.8 Å². The van der Waals surface area contributed by atoms with Crippen LogP contribution in [-0.4, -0.2) is 57.1 Å². The number of ether oxygens (including phenoxy) is 1. The van der Waals surface area contributed by atoms with Gasteiger partial charge in [-0.05, 0) is 48.8 Å². The summed E-state index contributed by atoms with van der Waals surface area (Å²) in [6.07, 6.45) is -3.99. The summed E-state index contributed by atoms with van der Waals surface area (Å²) < 4.78 is 46.3. The molecule has 3 fully saturated rings. The SMILES string of the molecule is O=C(O)CCCN1C(=O)C2C3CC(C2C1=O)C1C3Sc2[nH]c(=O)sc2[C@@H]1c1ccccc1OCC(=O)Nc1ccccc1C(F)(F)F. The largest absolute Gasteiger partial charge is 0.483 e. The standard InChI is InChI=1S/C32H28F3N3O7S2/c33-32(34,35)17-7-2-3-8-18(17)36-20(39)13-45-19-9-4-1-6-14(19)22-23-15-12-16(26(23)46-28-27(22)47-31(44)37-28)25-24(15)29(42)38(30(25)43)11-5-10-21(40)41/h1-4,6-9,15-16,22-26H,5,10-13H2,(H,36,39)(H,37,44)(H,40,41)/t15?,16?,22-,23?,24?,25?,26?/m1/s1. The molecule has 3 amide bonds. The number of thioether (sulfide) groups is 1. The molecule has 7 rings (SSSR count). The van der Waals surface area contributed by atoms with Crippen molar-refractivity contribution in [3.05, 3.63) is 74.2 Å². The number of nitrogens with zero attached hydrogens (tertiary/aromatic N) is 1. The van der Waals surface area contributed by atoms with Crippen molar-refractivity contribution in [1.82, 2.24) is 9.88 Å². The molecule has 4 aliphatic rings. The van der Waals surface area contributed by atoms with Gasteiger partial charge in [0.05, 0.1) is 28.1 Å². The summed E-state index contributed by atoms with van der Waals surface area (Å²) >= 11 is 2.57. The first-order valence-electron chi connectivity index (χ1n) is 15.1. The molecular weight excluding hydrogens is 659 g/mol. The molecular formula is C32H28F3N3O7S2. The lowest BCUT2D eigenvalue weighted by atomic mass is 9.68. The molecule has 10 nitrogen and oxygen atoms in total. The molecule has 3 aromatic rings. The van der Waals surface area contributed by atoms with Crippen molar-refractivity contribution in [2.75, 3.05) is 18.5 Å². The highest BCUT2D eigenvalue weighted by molar-refractivity contribution is 8.00. The number of imide groups is 1. The molecule has 2 saturated carbocycles. The minimum atomic E-state index is -4.66. The molecule has 2 aromatic carbocycles. The van der Waals surface area contributed by atoms with Crippen molar-refractivity contribution in [1.29, 1.82) is 0 Å². The van der Waals surface area contributed by atoms with Gasteiger partial charge in [0, 0.05) is 34.6 Å². The Labute approximate surface area is 273 Å². The van der Waals surface area contributed by atoms with Gasteiger partial charge in [-0.3, -0.25) is 28.9 Å². The number of anilines is 1. The lowest BCUT2D eigenvalue weighted by Gasteiger charge is -2.43. The van der Waals surface area contributed by atoms with Crippen molar-refractivity contribution in [2.24, 2.45) is 29.6 Å². The Morgan fingerprint density at radius 3 is 2.47 bits per heavy atom. The molecule has 15 heteroatoms. The summed E-state index contributed by atoms with van der Waals surface area (Å²) in [6.45, 7) is -0.529. The minimum Gasteiger partial charge on any atom is -0.483 e. The fraction of sp³-hybridized carbons (Fsp3) is 0.406. The second-order valence-electron chi connectivity index (χ2n) is 12.2. The molecule has 47 heavy (non-hydrogen) atoms. The molecule has 7 atom stereocenters. The molecule has 246 valence electrons. The fourth-order valence-electron chi connectivity index (χ4n) is 8.07. The van der Waals surface area contributed by atoms with E-state index in [1.54, 1.807) is 18.2 Å². The van der Waals surface area contributed by atoms with E-state index in [4.69, 9.17) is 9.84 Å². The van der Waals surface area contributed by atoms with Crippen LogP contribution in [0.5, 0.6) is 5.75 Å². The number of hydrogen-bond donors (Lipinski definition) is 3. The number of carbonyl (C=O) groups is 4. The number of amides is 3. The number of fused-ring (bicyclic) bond motifs is 9. The molecule has 3 heterocycles. The first kappa shape index (κ1) is 31.5. The fourth-order valence-corrected chi connectivity index (χ4v) is 11.0. The first-order chi connectivity index (χ1) is 22.4. The number of halogens is 3. The van der Waals surface area contributed by atoms with Gasteiger partial charge in [0.2, 0.25) is 11.8 Å². The quantitative estimate of drug-likeness (QED) is 0.272. The molecule has 1 aromatic heterocycles. The zero-order valence-electron chi connectivity index (χ0n) is 24.5. The Kier molecular flexibility index (Phi) is 7.94. The number of rotatable bonds is 9. The van der Waals surface area contributed by atoms with E-state index >= 15 is 0 Å². The number of carbonyl (C=O) groups excluding carboxylic acids is 3. The van der Waals surface area contributed by atoms with Crippen LogP contribution in [0.15, 0.2) is 58.4 Å². The first-order valence-corrected chi connectivity index (χ1v) is 16.8. The molecule has 2 bridgehead atoms. The number of H-pyrrole nitrogens is 1. The molecule has 2 aliphatic heterocycles. The average molecular weight is 688 g/mol. The summed E-state index contributed by atoms with van der Waals surface area (Å²) in [6, 6.07) is 11.6. The summed E-state index contributed by atoms with van der Waals surface area (Å²) in [7, 11) is 0. The Morgan fingerprint density at radius 1 is 1.02 bits per heavy atom. The van der Waals surface area contributed by atoms with Crippen LogP contribution in [0.1, 0.15) is 41.2 Å². The monoisotopic (exact) mass is 687 g/mol. The van der Waals surface area contributed by atoms with Gasteiger partial charge >= 0.3 is 17.0 Å². The van der Waals surface area contributed by atoms with Gasteiger partial charge in [-0.2, -0.15) is 13.2 Å². The number of aromatic nitrogens is 1. The Morgan fingerprint density at radius 2 is 1.72 bits per heavy atom. The lowest BCUT2D eigenvalue weighted by molar-refractivity contribution is -0.143. The van der Waals surface area contributed by atoms with E-state index in [2.05, 4.69) is 10.3 Å². The number of para-hydroxylation sites is 2. The third kappa shape index (κ3) is 5.42. The van der Waals surface area contributed by atoms with Crippen molar-refractivity contribution < 1.29 is 42.2 Å². The maximum Gasteiger partial charge on any atom is 0.418 e. The van der Waals surface area contributed by atoms with E-state index < -0.39 is 48.0 Å². The maximum atomic E-state index is 13.7. The Bertz CT molecular complexity index is 1840. The van der Waals surface area contributed by atoms with E-state index in [9.17, 15) is 37.1 Å². The number of nitrogens with one attached hydrogen (secondary N) is 2. The molecule has 0 radical (unpaired) electrons. The van der Waals surface area contributed by atoms with Crippen molar-refractivity contribution in [2.45, 2.75) is 41.6 Å². The number of carboxylic acid groups (broad SMARTS) is 1. The number of hydrogen-bond acceptors (Lipinski definition) is 8. The summed E-state index contributed by atoms with van der Waals surface area (Å²) in [5, 5.41) is 11.9. The highest BCUT2D eigenvalue weighted by Gasteiger charge is 2.69. The molecule has 2 aliphatic carbocycles. The van der Waals surface area contributed by atoms with Crippen molar-refractivity contribution >= 4 is 52.5 Å². The van der Waals surface area contributed by atoms with Gasteiger partial charge in [0.1, 0.15) is 5.75 Å². The van der Waals surface area contributed by atoms with E-state index in [-0.39, 0.29) is 64.8 Å². The van der Waals surface area contributed by atoms with Crippen LogP contribution in [0.3, 0.4) is 0 Å². The topological polar surface area (TPSA) is 146 Å². The van der Waals surface area contributed by atoms with Gasteiger partial charge in [-0.1, -0.05) is 41.7 Å². The van der Waals surface area contributed by atoms with Crippen LogP contribution >= 0.6 is 23.1 Å². The molecule has 6 unspecified atom stereocenters. The Balaban J connectivity index is 1.17. The van der Waals surface area contributed by atoms with Crippen LogP contribution < -0.4 is 14.9 Å². The predicted octanol–water partition coefficient (Wildman–Crippen LogP) is 4.81. The van der Waals surface area contributed by atoms with Gasteiger partial charge in [0.25, 0.3) is 5.91 Å². The van der Waals surface area contributed by atoms with Crippen LogP contribution in [0.25, 0.3) is 0 Å². The zero-order valence-corrected chi connectivity index (χ0v) is 26.1. The minimum absolute atomic E-state index is 0.0507. The third-order valence-electron chi connectivity index (χ3n) is 9.71. The second kappa shape index (κ2) is 11.8. The number of alkyl halides is 3. The normalized spacial score (nSPS) is 27.4. The summed E-state index contributed by atoms with van der Waals surface area (Å²) in [5.41, 5.74) is -0.702. The van der Waals surface area contributed by atoms with Crippen molar-refractivity contribution in [3.63, 3.8) is 0 Å². The van der Waals surface area contributed by atoms with Gasteiger partial charge < -0.3 is 20.1 Å². The van der Waals surface area contributed by atoms with Gasteiger partial charge in [0.15, 0.2) is 6.61 Å². The van der Waals surface area contributed by atoms with Gasteiger partial charge in [-0.25, -0.2) is 0 Å². The smallest absolute Gasteiger partial charge is 0.418 e. The van der Waals surface area contributed by atoms with E-state index in [0.29, 0.717) is 22.8 Å². The van der Waals surface area contributed by atoms with E-state index in [1.807, 2.05) is 6.07 Å². The predicted molar refractivity (Wildman–Crippen MR) is 164 cm³/mol. The van der Waals surface area contributed by atoms with Crippen LogP contribution in [-0.2, 0) is 25.4 Å². The molecule has 0 spiro atoms. The number of thiazole rings is 1. The number of likely N-dealkylation sites (tertiary alicyclic amines) is 1. The molecule has 1 saturated heterocycles. The highest BCUT2D eigenvalue weighted by Crippen LogP contribution is 2.69. The van der Waals surface area contributed by atoms with E-state index in [1.165, 1.54) is 28.8 Å². The van der Waals surface area contributed by atoms with Crippen LogP contribution in [0.2, 0.25) is 0 Å². The van der Waals surface area contributed by atoms with Crippen molar-refractivity contribution in [3.8, 4) is 5.75 Å². The number of aliphatic carboxylic acids is 1. The zero-order chi connectivity index (χ0) is 33.2. The van der Waals surface area contributed by atoms with Crippen LogP contribution in [0, 0.1) is 29.6 Å².